The van der Waals surface area contributed by atoms with Gasteiger partial charge in [0.1, 0.15) is 0 Å². The maximum atomic E-state index is 10.1. The third kappa shape index (κ3) is 2.50. The Balaban J connectivity index is 1.78. The summed E-state index contributed by atoms with van der Waals surface area (Å²) in [5.74, 6) is 3.18. The molecule has 2 rings (SSSR count). The Bertz CT molecular complexity index is 186. The Morgan fingerprint density at radius 3 is 2.36 bits per heavy atom. The second-order valence-corrected chi connectivity index (χ2v) is 5.77. The van der Waals surface area contributed by atoms with Crippen LogP contribution < -0.4 is 0 Å². The predicted octanol–water partition coefficient (Wildman–Crippen LogP) is 3.22. The Kier molecular flexibility index (Phi) is 3.16. The summed E-state index contributed by atoms with van der Waals surface area (Å²) in [6.45, 7) is 4.70. The molecule has 82 valence electrons. The molecule has 0 bridgehead atoms. The number of aliphatic hydroxyl groups is 1. The molecule has 2 fully saturated rings. The maximum absolute atomic E-state index is 10.1. The van der Waals surface area contributed by atoms with Gasteiger partial charge in [0.25, 0.3) is 0 Å². The first kappa shape index (κ1) is 10.5. The molecule has 0 spiro atoms. The molecular formula is C13H24O. The van der Waals surface area contributed by atoms with Gasteiger partial charge in [0, 0.05) is 0 Å². The topological polar surface area (TPSA) is 20.2 Å². The molecule has 2 aliphatic carbocycles. The maximum Gasteiger partial charge on any atom is 0.0571 e. The van der Waals surface area contributed by atoms with Crippen LogP contribution in [-0.2, 0) is 0 Å². The van der Waals surface area contributed by atoms with Crippen molar-refractivity contribution in [3.63, 3.8) is 0 Å². The van der Waals surface area contributed by atoms with Crippen molar-refractivity contribution >= 4 is 0 Å². The smallest absolute Gasteiger partial charge is 0.0571 e. The largest absolute Gasteiger partial charge is 0.393 e. The Morgan fingerprint density at radius 1 is 1.07 bits per heavy atom. The normalized spacial score (nSPS) is 40.9. The van der Waals surface area contributed by atoms with Gasteiger partial charge < -0.3 is 5.11 Å². The number of hydrogen-bond acceptors (Lipinski definition) is 1. The highest BCUT2D eigenvalue weighted by Gasteiger charge is 2.32. The van der Waals surface area contributed by atoms with Crippen LogP contribution in [0.5, 0.6) is 0 Å². The van der Waals surface area contributed by atoms with E-state index in [1.165, 1.54) is 32.1 Å². The molecule has 4 atom stereocenters. The third-order valence-electron chi connectivity index (χ3n) is 4.45. The van der Waals surface area contributed by atoms with Crippen molar-refractivity contribution in [3.8, 4) is 0 Å². The van der Waals surface area contributed by atoms with Crippen LogP contribution in [0.25, 0.3) is 0 Å². The van der Waals surface area contributed by atoms with Gasteiger partial charge in [-0.15, -0.1) is 0 Å². The molecule has 0 amide bonds. The lowest BCUT2D eigenvalue weighted by atomic mass is 9.73. The first-order valence-corrected chi connectivity index (χ1v) is 6.35. The molecule has 4 unspecified atom stereocenters. The van der Waals surface area contributed by atoms with Gasteiger partial charge in [0.05, 0.1) is 6.10 Å². The van der Waals surface area contributed by atoms with Crippen molar-refractivity contribution in [2.45, 2.75) is 58.5 Å². The predicted molar refractivity (Wildman–Crippen MR) is 59.0 cm³/mol. The molecule has 0 aromatic rings. The lowest BCUT2D eigenvalue weighted by Gasteiger charge is -2.34. The highest BCUT2D eigenvalue weighted by molar-refractivity contribution is 4.84. The zero-order chi connectivity index (χ0) is 10.1. The van der Waals surface area contributed by atoms with E-state index in [-0.39, 0.29) is 6.10 Å². The molecule has 0 aliphatic heterocycles. The summed E-state index contributed by atoms with van der Waals surface area (Å²) in [7, 11) is 0. The van der Waals surface area contributed by atoms with E-state index in [0.29, 0.717) is 5.92 Å². The van der Waals surface area contributed by atoms with E-state index in [2.05, 4.69) is 13.8 Å². The number of hydrogen-bond donors (Lipinski definition) is 1. The van der Waals surface area contributed by atoms with Crippen LogP contribution in [0, 0.1) is 23.7 Å². The van der Waals surface area contributed by atoms with Gasteiger partial charge in [0.2, 0.25) is 0 Å². The lowest BCUT2D eigenvalue weighted by molar-refractivity contribution is 0.0469. The molecule has 0 heterocycles. The van der Waals surface area contributed by atoms with Crippen LogP contribution in [0.1, 0.15) is 52.4 Å². The summed E-state index contributed by atoms with van der Waals surface area (Å²) in [4.78, 5) is 0. The van der Waals surface area contributed by atoms with E-state index in [9.17, 15) is 5.11 Å². The van der Waals surface area contributed by atoms with Crippen LogP contribution >= 0.6 is 0 Å². The molecule has 1 nitrogen and oxygen atoms in total. The van der Waals surface area contributed by atoms with Gasteiger partial charge >= 0.3 is 0 Å². The molecule has 1 N–H and O–H groups in total. The zero-order valence-corrected chi connectivity index (χ0v) is 9.58. The lowest BCUT2D eigenvalue weighted by Crippen LogP contribution is -2.29. The Hall–Kier alpha value is -0.0400. The highest BCUT2D eigenvalue weighted by Crippen LogP contribution is 2.40. The summed E-state index contributed by atoms with van der Waals surface area (Å²) in [6.07, 6.45) is 7.69. The van der Waals surface area contributed by atoms with E-state index >= 15 is 0 Å². The number of aliphatic hydroxyl groups excluding tert-OH is 1. The van der Waals surface area contributed by atoms with Crippen molar-refractivity contribution < 1.29 is 5.11 Å². The zero-order valence-electron chi connectivity index (χ0n) is 9.58. The van der Waals surface area contributed by atoms with Gasteiger partial charge in [-0.25, -0.2) is 0 Å². The minimum atomic E-state index is 0.0115. The fourth-order valence-corrected chi connectivity index (χ4v) is 2.83. The van der Waals surface area contributed by atoms with E-state index in [1.807, 2.05) is 0 Å². The van der Waals surface area contributed by atoms with E-state index in [0.717, 1.165) is 24.2 Å². The average molecular weight is 196 g/mol. The summed E-state index contributed by atoms with van der Waals surface area (Å²) in [5, 5.41) is 10.1. The quantitative estimate of drug-likeness (QED) is 0.735. The molecule has 0 radical (unpaired) electrons. The van der Waals surface area contributed by atoms with E-state index in [1.54, 1.807) is 0 Å². The van der Waals surface area contributed by atoms with Crippen LogP contribution in [0.15, 0.2) is 0 Å². The van der Waals surface area contributed by atoms with Gasteiger partial charge in [-0.3, -0.25) is 0 Å². The van der Waals surface area contributed by atoms with Crippen molar-refractivity contribution in [2.75, 3.05) is 0 Å². The second-order valence-electron chi connectivity index (χ2n) is 5.77. The average Bonchev–Trinajstić information content (AvgIpc) is 2.93. The first-order chi connectivity index (χ1) is 6.66. The van der Waals surface area contributed by atoms with Crippen molar-refractivity contribution in [2.24, 2.45) is 23.7 Å². The molecule has 0 aromatic heterocycles. The summed E-state index contributed by atoms with van der Waals surface area (Å²) in [6, 6.07) is 0. The second kappa shape index (κ2) is 4.22. The van der Waals surface area contributed by atoms with Crippen LogP contribution in [0.4, 0.5) is 0 Å². The molecule has 1 heteroatoms. The molecule has 2 aliphatic rings. The minimum absolute atomic E-state index is 0.0115. The van der Waals surface area contributed by atoms with Crippen LogP contribution in [0.2, 0.25) is 0 Å². The summed E-state index contributed by atoms with van der Waals surface area (Å²) in [5.41, 5.74) is 0. The molecule has 0 aromatic carbocycles. The summed E-state index contributed by atoms with van der Waals surface area (Å²) < 4.78 is 0. The molecular weight excluding hydrogens is 172 g/mol. The van der Waals surface area contributed by atoms with Gasteiger partial charge in [-0.1, -0.05) is 33.1 Å². The highest BCUT2D eigenvalue weighted by atomic mass is 16.3. The molecule has 2 saturated carbocycles. The standard InChI is InChI=1S/C13H24O/c1-9-3-6-12(7-10(9)2)13(14)8-11-4-5-11/h9-14H,3-8H2,1-2H3. The van der Waals surface area contributed by atoms with Crippen molar-refractivity contribution in [1.82, 2.24) is 0 Å². The van der Waals surface area contributed by atoms with E-state index in [4.69, 9.17) is 0 Å². The van der Waals surface area contributed by atoms with Gasteiger partial charge in [-0.2, -0.15) is 0 Å². The van der Waals surface area contributed by atoms with Crippen molar-refractivity contribution in [3.05, 3.63) is 0 Å². The van der Waals surface area contributed by atoms with Gasteiger partial charge in [0.15, 0.2) is 0 Å². The van der Waals surface area contributed by atoms with Crippen LogP contribution in [0.3, 0.4) is 0 Å². The fourth-order valence-electron chi connectivity index (χ4n) is 2.83. The SMILES string of the molecule is CC1CCC(C(O)CC2CC2)CC1C. The minimum Gasteiger partial charge on any atom is -0.393 e. The molecule has 0 saturated heterocycles. The fraction of sp³-hybridized carbons (Fsp3) is 1.00. The molecule has 14 heavy (non-hydrogen) atoms. The third-order valence-corrected chi connectivity index (χ3v) is 4.45. The number of rotatable bonds is 3. The van der Waals surface area contributed by atoms with Crippen molar-refractivity contribution in [1.29, 1.82) is 0 Å². The van der Waals surface area contributed by atoms with Gasteiger partial charge in [-0.05, 0) is 42.9 Å². The monoisotopic (exact) mass is 196 g/mol. The first-order valence-electron chi connectivity index (χ1n) is 6.35. The Labute approximate surface area is 87.9 Å². The summed E-state index contributed by atoms with van der Waals surface area (Å²) >= 11 is 0. The van der Waals surface area contributed by atoms with Crippen LogP contribution in [-0.4, -0.2) is 11.2 Å². The Morgan fingerprint density at radius 2 is 1.79 bits per heavy atom. The van der Waals surface area contributed by atoms with E-state index < -0.39 is 0 Å².